The van der Waals surface area contributed by atoms with E-state index < -0.39 is 6.36 Å². The van der Waals surface area contributed by atoms with Crippen LogP contribution in [-0.4, -0.2) is 6.36 Å². The Hall–Kier alpha value is -0.550. The second kappa shape index (κ2) is 1.74. The summed E-state index contributed by atoms with van der Waals surface area (Å²) in [7, 11) is 0. The molecule has 0 fully saturated rings. The number of hydrogen-bond donors (Lipinski definition) is 0. The highest BCUT2D eigenvalue weighted by Gasteiger charge is 1.85. The van der Waals surface area contributed by atoms with Crippen LogP contribution in [0.3, 0.4) is 0 Å². The predicted octanol–water partition coefficient (Wildman–Crippen LogP) is 0.346. The highest BCUT2D eigenvalue weighted by Crippen LogP contribution is 1.74. The molecule has 0 aliphatic heterocycles. The van der Waals surface area contributed by atoms with Crippen LogP contribution in [0.5, 0.6) is 0 Å². The summed E-state index contributed by atoms with van der Waals surface area (Å²) in [5.41, 5.74) is 0. The van der Waals surface area contributed by atoms with Gasteiger partial charge in [-0.15, -0.1) is 6.42 Å². The fourth-order valence-corrected chi connectivity index (χ4v) is 0. The molecule has 0 aliphatic carbocycles. The molecule has 1 atom stereocenters. The van der Waals surface area contributed by atoms with Crippen LogP contribution in [-0.2, 0) is 5.11 Å². The Balaban J connectivity index is 2.94. The monoisotopic (exact) mass is 73.0 g/mol. The van der Waals surface area contributed by atoms with E-state index in [4.69, 9.17) is 5.11 Å². The van der Waals surface area contributed by atoms with Crippen molar-refractivity contribution in [2.24, 2.45) is 0 Å². The largest absolute Gasteiger partial charge is 0.291 e. The van der Waals surface area contributed by atoms with E-state index in [1.54, 1.807) is 0 Å². The van der Waals surface area contributed by atoms with Gasteiger partial charge in [0, 0.05) is 0 Å². The van der Waals surface area contributed by atoms with Crippen LogP contribution in [0.25, 0.3) is 0 Å². The molecule has 1 unspecified atom stereocenters. The Morgan fingerprint density at radius 3 is 2.20 bits per heavy atom. The Bertz CT molecular complexity index is 52.4. The molecule has 1 nitrogen and oxygen atoms in total. The molecular weight excluding hydrogens is 71.0 g/mol. The minimum absolute atomic E-state index is 1.31. The molecule has 0 saturated heterocycles. The van der Waals surface area contributed by atoms with Gasteiger partial charge in [0.15, 0.2) is 0 Å². The Labute approximate surface area is 29.4 Å². The minimum Gasteiger partial charge on any atom is -0.198 e. The molecule has 0 spiro atoms. The van der Waals surface area contributed by atoms with Crippen molar-refractivity contribution in [3.63, 3.8) is 0 Å². The van der Waals surface area contributed by atoms with E-state index in [0.717, 1.165) is 0 Å². The number of terminal acetylenes is 1. The lowest BCUT2D eigenvalue weighted by Gasteiger charge is -1.71. The quantitative estimate of drug-likeness (QED) is 0.368. The molecule has 0 aromatic heterocycles. The lowest BCUT2D eigenvalue weighted by atomic mass is 10.7. The van der Waals surface area contributed by atoms with Crippen LogP contribution in [0.2, 0.25) is 0 Å². The van der Waals surface area contributed by atoms with E-state index >= 15 is 0 Å². The van der Waals surface area contributed by atoms with Gasteiger partial charge in [0.2, 0.25) is 0 Å². The lowest BCUT2D eigenvalue weighted by molar-refractivity contribution is 0.0274. The van der Waals surface area contributed by atoms with Crippen LogP contribution in [0.1, 0.15) is 0 Å². The van der Waals surface area contributed by atoms with Crippen LogP contribution in [0, 0.1) is 12.3 Å². The SMILES string of the molecule is C#CC([O])F. The van der Waals surface area contributed by atoms with Crippen LogP contribution >= 0.6 is 0 Å². The van der Waals surface area contributed by atoms with E-state index in [-0.39, 0.29) is 0 Å². The maximum Gasteiger partial charge on any atom is 0.291 e. The van der Waals surface area contributed by atoms with Gasteiger partial charge in [0.25, 0.3) is 6.36 Å². The van der Waals surface area contributed by atoms with Crippen molar-refractivity contribution in [3.8, 4) is 12.3 Å². The second-order valence-electron chi connectivity index (χ2n) is 0.483. The van der Waals surface area contributed by atoms with Crippen molar-refractivity contribution in [3.05, 3.63) is 0 Å². The molecule has 0 aliphatic rings. The zero-order valence-corrected chi connectivity index (χ0v) is 2.44. The summed E-state index contributed by atoms with van der Waals surface area (Å²) >= 11 is 0. The van der Waals surface area contributed by atoms with E-state index in [1.807, 2.05) is 0 Å². The van der Waals surface area contributed by atoms with Gasteiger partial charge in [-0.3, -0.25) is 0 Å². The fraction of sp³-hybridized carbons (Fsp3) is 0.333. The maximum absolute atomic E-state index is 10.6. The molecule has 2 heteroatoms. The van der Waals surface area contributed by atoms with Gasteiger partial charge in [-0.2, -0.15) is 9.50 Å². The number of hydrogen-bond acceptors (Lipinski definition) is 0. The van der Waals surface area contributed by atoms with Gasteiger partial charge >= 0.3 is 0 Å². The summed E-state index contributed by atoms with van der Waals surface area (Å²) in [4.78, 5) is 0. The molecule has 0 N–H and O–H groups in total. The average molecular weight is 73.0 g/mol. The molecule has 5 heavy (non-hydrogen) atoms. The smallest absolute Gasteiger partial charge is 0.198 e. The first-order valence-corrected chi connectivity index (χ1v) is 1.03. The zero-order chi connectivity index (χ0) is 4.28. The van der Waals surface area contributed by atoms with Crippen molar-refractivity contribution >= 4 is 0 Å². The summed E-state index contributed by atoms with van der Waals surface area (Å²) in [5, 5.41) is 8.99. The Morgan fingerprint density at radius 1 is 2.00 bits per heavy atom. The van der Waals surface area contributed by atoms with Gasteiger partial charge in [0.05, 0.1) is 0 Å². The molecular formula is C3H2FO. The van der Waals surface area contributed by atoms with Gasteiger partial charge in [0.1, 0.15) is 0 Å². The third-order valence-corrected chi connectivity index (χ3v) is 0.131. The van der Waals surface area contributed by atoms with Gasteiger partial charge in [-0.25, -0.2) is 0 Å². The van der Waals surface area contributed by atoms with Gasteiger partial charge in [-0.05, 0) is 5.92 Å². The van der Waals surface area contributed by atoms with Crippen LogP contribution in [0.4, 0.5) is 4.39 Å². The molecule has 0 rings (SSSR count). The molecule has 0 heterocycles. The highest BCUT2D eigenvalue weighted by molar-refractivity contribution is 4.85. The summed E-state index contributed by atoms with van der Waals surface area (Å²) in [5.74, 6) is 1.31. The predicted molar refractivity (Wildman–Crippen MR) is 14.4 cm³/mol. The average Bonchev–Trinajstić information content (AvgIpc) is 1.38. The highest BCUT2D eigenvalue weighted by atomic mass is 19.1. The van der Waals surface area contributed by atoms with E-state index in [1.165, 1.54) is 5.92 Å². The van der Waals surface area contributed by atoms with Crippen molar-refractivity contribution in [1.82, 2.24) is 0 Å². The first kappa shape index (κ1) is 4.45. The summed E-state index contributed by atoms with van der Waals surface area (Å²) < 4.78 is 10.6. The Kier molecular flexibility index (Phi) is 1.55. The first-order chi connectivity index (χ1) is 2.27. The zero-order valence-electron chi connectivity index (χ0n) is 2.44. The van der Waals surface area contributed by atoms with Crippen molar-refractivity contribution in [2.45, 2.75) is 6.36 Å². The lowest BCUT2D eigenvalue weighted by Crippen LogP contribution is -1.83. The molecule has 0 saturated carbocycles. The number of halogens is 1. The number of rotatable bonds is 0. The van der Waals surface area contributed by atoms with Crippen LogP contribution in [0.15, 0.2) is 0 Å². The van der Waals surface area contributed by atoms with E-state index in [2.05, 4.69) is 6.42 Å². The molecule has 0 amide bonds. The van der Waals surface area contributed by atoms with Crippen molar-refractivity contribution in [2.75, 3.05) is 0 Å². The summed E-state index contributed by atoms with van der Waals surface area (Å²) in [6, 6.07) is 0. The first-order valence-electron chi connectivity index (χ1n) is 1.03. The topological polar surface area (TPSA) is 19.9 Å². The number of alkyl halides is 1. The second-order valence-corrected chi connectivity index (χ2v) is 0.483. The summed E-state index contributed by atoms with van der Waals surface area (Å²) in [6.07, 6.45) is 1.90. The van der Waals surface area contributed by atoms with Crippen molar-refractivity contribution in [1.29, 1.82) is 0 Å². The molecule has 0 aromatic rings. The fourth-order valence-electron chi connectivity index (χ4n) is 0. The Morgan fingerprint density at radius 2 is 2.20 bits per heavy atom. The maximum atomic E-state index is 10.6. The molecule has 1 radical (unpaired) electrons. The van der Waals surface area contributed by atoms with Crippen molar-refractivity contribution < 1.29 is 9.50 Å². The van der Waals surface area contributed by atoms with Gasteiger partial charge in [-0.1, -0.05) is 0 Å². The standard InChI is InChI=1S/C3H2FO/c1-2-3(4)5/h1,3H. The van der Waals surface area contributed by atoms with Crippen LogP contribution < -0.4 is 0 Å². The van der Waals surface area contributed by atoms with E-state index in [0.29, 0.717) is 0 Å². The third kappa shape index (κ3) is 3.45. The normalized spacial score (nSPS) is 13.0. The molecule has 27 valence electrons. The third-order valence-electron chi connectivity index (χ3n) is 0.131. The van der Waals surface area contributed by atoms with Gasteiger partial charge < -0.3 is 0 Å². The minimum atomic E-state index is -2.34. The van der Waals surface area contributed by atoms with E-state index in [9.17, 15) is 4.39 Å². The molecule has 0 bridgehead atoms. The summed E-state index contributed by atoms with van der Waals surface area (Å²) in [6.45, 7) is 0. The molecule has 0 aromatic carbocycles.